The highest BCUT2D eigenvalue weighted by Gasteiger charge is 2.09. The second kappa shape index (κ2) is 4.05. The van der Waals surface area contributed by atoms with E-state index in [2.05, 4.69) is 64.4 Å². The van der Waals surface area contributed by atoms with Crippen molar-refractivity contribution in [3.63, 3.8) is 0 Å². The van der Waals surface area contributed by atoms with E-state index < -0.39 is 6.69 Å². The third-order valence-corrected chi connectivity index (χ3v) is 3.22. The summed E-state index contributed by atoms with van der Waals surface area (Å²) in [6.07, 6.45) is 2.18. The van der Waals surface area contributed by atoms with Crippen LogP contribution in [0.5, 0.6) is 0 Å². The lowest BCUT2D eigenvalue weighted by molar-refractivity contribution is 1.66. The summed E-state index contributed by atoms with van der Waals surface area (Å²) in [5.74, 6) is 0. The molecule has 0 bridgehead atoms. The fourth-order valence-corrected chi connectivity index (χ4v) is 1.84. The van der Waals surface area contributed by atoms with Gasteiger partial charge in [0, 0.05) is 0 Å². The first-order chi connectivity index (χ1) is 5.58. The maximum atomic E-state index is 3.69. The molecule has 0 aromatic heterocycles. The van der Waals surface area contributed by atoms with E-state index in [1.54, 1.807) is 0 Å². The summed E-state index contributed by atoms with van der Waals surface area (Å²) < 4.78 is 0. The summed E-state index contributed by atoms with van der Waals surface area (Å²) in [6.45, 7) is 3.30. The third-order valence-electron chi connectivity index (χ3n) is 1.47. The molecule has 0 fully saturated rings. The van der Waals surface area contributed by atoms with Gasteiger partial charge >= 0.3 is 0 Å². The zero-order valence-corrected chi connectivity index (χ0v) is 10.0. The molecule has 0 unspecified atom stereocenters. The molecule has 0 amide bonds. The SMILES string of the molecule is C[Si](C)(Br)C=Cc1ccccc1. The Morgan fingerprint density at radius 2 is 1.75 bits per heavy atom. The highest BCUT2D eigenvalue weighted by Crippen LogP contribution is 2.14. The fourth-order valence-electron chi connectivity index (χ4n) is 0.859. The minimum absolute atomic E-state index is 1.21. The molecule has 0 aliphatic heterocycles. The first-order valence-corrected chi connectivity index (χ1v) is 9.34. The zero-order valence-electron chi connectivity index (χ0n) is 7.42. The molecule has 0 heterocycles. The standard InChI is InChI=1S/C10H13BrSi/c1-12(2,11)9-8-10-6-4-3-5-7-10/h3-9H,1-2H3. The first kappa shape index (κ1) is 9.74. The van der Waals surface area contributed by atoms with E-state index in [0.717, 1.165) is 0 Å². The van der Waals surface area contributed by atoms with Gasteiger partial charge < -0.3 is 0 Å². The van der Waals surface area contributed by atoms with Gasteiger partial charge in [0.2, 0.25) is 0 Å². The van der Waals surface area contributed by atoms with Crippen LogP contribution in [0.25, 0.3) is 6.08 Å². The molecule has 0 spiro atoms. The molecule has 0 radical (unpaired) electrons. The molecule has 64 valence electrons. The molecule has 1 rings (SSSR count). The Kier molecular flexibility index (Phi) is 3.29. The lowest BCUT2D eigenvalue weighted by atomic mass is 10.2. The van der Waals surface area contributed by atoms with Crippen LogP contribution in [0.3, 0.4) is 0 Å². The van der Waals surface area contributed by atoms with Crippen molar-refractivity contribution in [2.24, 2.45) is 0 Å². The van der Waals surface area contributed by atoms with Crippen LogP contribution in [0.4, 0.5) is 0 Å². The highest BCUT2D eigenvalue weighted by atomic mass is 79.9. The van der Waals surface area contributed by atoms with Gasteiger partial charge in [0.1, 0.15) is 6.69 Å². The van der Waals surface area contributed by atoms with Gasteiger partial charge in [-0.25, -0.2) is 0 Å². The van der Waals surface area contributed by atoms with Crippen molar-refractivity contribution in [2.45, 2.75) is 13.1 Å². The lowest BCUT2D eigenvalue weighted by Gasteiger charge is -2.04. The van der Waals surface area contributed by atoms with Gasteiger partial charge in [-0.05, 0) is 5.56 Å². The molecule has 0 aliphatic rings. The van der Waals surface area contributed by atoms with Gasteiger partial charge in [-0.15, -0.1) is 15.3 Å². The number of halogens is 1. The van der Waals surface area contributed by atoms with Gasteiger partial charge in [-0.1, -0.05) is 55.2 Å². The molecular formula is C10H13BrSi. The maximum Gasteiger partial charge on any atom is 0.147 e. The Bertz CT molecular complexity index is 259. The normalized spacial score (nSPS) is 12.2. The number of hydrogen-bond donors (Lipinski definition) is 0. The van der Waals surface area contributed by atoms with E-state index in [1.807, 2.05) is 6.07 Å². The van der Waals surface area contributed by atoms with Crippen LogP contribution in [-0.2, 0) is 0 Å². The summed E-state index contributed by atoms with van der Waals surface area (Å²) >= 11 is 3.69. The summed E-state index contributed by atoms with van der Waals surface area (Å²) in [5.41, 5.74) is 3.56. The Labute approximate surface area is 82.9 Å². The Morgan fingerprint density at radius 1 is 1.17 bits per heavy atom. The van der Waals surface area contributed by atoms with Gasteiger partial charge in [-0.2, -0.15) is 0 Å². The van der Waals surface area contributed by atoms with Crippen LogP contribution in [0, 0.1) is 0 Å². The molecule has 0 N–H and O–H groups in total. The van der Waals surface area contributed by atoms with Crippen LogP contribution in [0.15, 0.2) is 36.0 Å². The Morgan fingerprint density at radius 3 is 2.25 bits per heavy atom. The largest absolute Gasteiger partial charge is 0.147 e. The second-order valence-corrected chi connectivity index (χ2v) is 12.9. The van der Waals surface area contributed by atoms with Gasteiger partial charge in [0.15, 0.2) is 0 Å². The van der Waals surface area contributed by atoms with Crippen LogP contribution < -0.4 is 0 Å². The predicted octanol–water partition coefficient (Wildman–Crippen LogP) is 3.84. The summed E-state index contributed by atoms with van der Waals surface area (Å²) in [4.78, 5) is 0. The van der Waals surface area contributed by atoms with Crippen molar-refractivity contribution < 1.29 is 0 Å². The molecule has 0 atom stereocenters. The van der Waals surface area contributed by atoms with E-state index in [1.165, 1.54) is 5.56 Å². The molecule has 1 aromatic carbocycles. The smallest absolute Gasteiger partial charge is 0.121 e. The average Bonchev–Trinajstić information content (AvgIpc) is 2.02. The van der Waals surface area contributed by atoms with Gasteiger partial charge in [0.25, 0.3) is 0 Å². The molecule has 0 saturated heterocycles. The first-order valence-electron chi connectivity index (χ1n) is 4.01. The zero-order chi connectivity index (χ0) is 9.03. The number of rotatable bonds is 2. The molecule has 0 nitrogen and oxygen atoms in total. The summed E-state index contributed by atoms with van der Waals surface area (Å²) in [5, 5.41) is 0. The van der Waals surface area contributed by atoms with E-state index in [-0.39, 0.29) is 0 Å². The number of hydrogen-bond acceptors (Lipinski definition) is 0. The van der Waals surface area contributed by atoms with Gasteiger partial charge in [-0.3, -0.25) is 0 Å². The highest BCUT2D eigenvalue weighted by molar-refractivity contribution is 9.26. The van der Waals surface area contributed by atoms with E-state index in [9.17, 15) is 0 Å². The van der Waals surface area contributed by atoms with Crippen LogP contribution in [-0.4, -0.2) is 6.69 Å². The van der Waals surface area contributed by atoms with Crippen molar-refractivity contribution in [3.05, 3.63) is 41.6 Å². The van der Waals surface area contributed by atoms with E-state index >= 15 is 0 Å². The molecule has 0 saturated carbocycles. The predicted molar refractivity (Wildman–Crippen MR) is 61.9 cm³/mol. The monoisotopic (exact) mass is 240 g/mol. The van der Waals surface area contributed by atoms with Crippen LogP contribution in [0.1, 0.15) is 5.56 Å². The third kappa shape index (κ3) is 3.88. The summed E-state index contributed by atoms with van der Waals surface area (Å²) in [7, 11) is 0. The van der Waals surface area contributed by atoms with Crippen molar-refractivity contribution in [3.8, 4) is 0 Å². The summed E-state index contributed by atoms with van der Waals surface area (Å²) in [6, 6.07) is 10.4. The quantitative estimate of drug-likeness (QED) is 0.545. The van der Waals surface area contributed by atoms with Crippen molar-refractivity contribution in [1.29, 1.82) is 0 Å². The Hall–Kier alpha value is -0.343. The van der Waals surface area contributed by atoms with E-state index in [4.69, 9.17) is 0 Å². The van der Waals surface area contributed by atoms with Crippen molar-refractivity contribution in [1.82, 2.24) is 0 Å². The van der Waals surface area contributed by atoms with Gasteiger partial charge in [0.05, 0.1) is 0 Å². The molecule has 2 heteroatoms. The van der Waals surface area contributed by atoms with Crippen molar-refractivity contribution in [2.75, 3.05) is 0 Å². The molecule has 0 aliphatic carbocycles. The lowest BCUT2D eigenvalue weighted by Crippen LogP contribution is -2.10. The molecular weight excluding hydrogens is 228 g/mol. The number of benzene rings is 1. The minimum Gasteiger partial charge on any atom is -0.121 e. The molecule has 12 heavy (non-hydrogen) atoms. The fraction of sp³-hybridized carbons (Fsp3) is 0.200. The van der Waals surface area contributed by atoms with Crippen LogP contribution in [0.2, 0.25) is 13.1 Å². The van der Waals surface area contributed by atoms with Crippen LogP contribution >= 0.6 is 15.3 Å². The maximum absolute atomic E-state index is 3.69. The second-order valence-electron chi connectivity index (χ2n) is 3.31. The average molecular weight is 241 g/mol. The van der Waals surface area contributed by atoms with E-state index in [0.29, 0.717) is 0 Å². The topological polar surface area (TPSA) is 0 Å². The van der Waals surface area contributed by atoms with Crippen molar-refractivity contribution >= 4 is 28.1 Å². The minimum atomic E-state index is -1.21. The molecule has 1 aromatic rings. The Balaban J connectivity index is 2.71.